The van der Waals surface area contributed by atoms with Crippen molar-refractivity contribution in [2.45, 2.75) is 19.6 Å². The Morgan fingerprint density at radius 1 is 1.25 bits per heavy atom. The number of carbonyl (C=O) groups excluding carboxylic acids is 2. The molecule has 0 atom stereocenters. The average molecular weight is 418 g/mol. The van der Waals surface area contributed by atoms with Crippen LogP contribution in [-0.4, -0.2) is 34.7 Å². The summed E-state index contributed by atoms with van der Waals surface area (Å²) in [6, 6.07) is 6.46. The number of hydrogen-bond donors (Lipinski definition) is 2. The molecule has 0 aliphatic rings. The summed E-state index contributed by atoms with van der Waals surface area (Å²) < 4.78 is 4.64. The maximum Gasteiger partial charge on any atom is 0.337 e. The molecule has 1 amide bonds. The molecule has 0 aliphatic carbocycles. The van der Waals surface area contributed by atoms with Crippen molar-refractivity contribution in [1.82, 2.24) is 9.97 Å². The van der Waals surface area contributed by atoms with E-state index in [1.165, 1.54) is 30.2 Å². The molecule has 2 aromatic heterocycles. The highest BCUT2D eigenvalue weighted by Crippen LogP contribution is 2.26. The van der Waals surface area contributed by atoms with Crippen molar-refractivity contribution in [2.75, 3.05) is 18.2 Å². The summed E-state index contributed by atoms with van der Waals surface area (Å²) in [6.45, 7) is 3.89. The van der Waals surface area contributed by atoms with Crippen molar-refractivity contribution in [3.8, 4) is 0 Å². The Kier molecular flexibility index (Phi) is 6.15. The number of esters is 1. The first-order valence-electron chi connectivity index (χ1n) is 8.44. The molecule has 2 N–H and O–H groups in total. The Labute approximate surface area is 169 Å². The lowest BCUT2D eigenvalue weighted by Crippen LogP contribution is -2.15. The van der Waals surface area contributed by atoms with Crippen LogP contribution in [0.15, 0.2) is 29.1 Å². The monoisotopic (exact) mass is 417 g/mol. The van der Waals surface area contributed by atoms with Crippen molar-refractivity contribution in [2.24, 2.45) is 0 Å². The van der Waals surface area contributed by atoms with Gasteiger partial charge in [0.25, 0.3) is 5.56 Å². The molecule has 0 radical (unpaired) electrons. The number of thioether (sulfide) groups is 1. The van der Waals surface area contributed by atoms with Gasteiger partial charge < -0.3 is 15.0 Å². The van der Waals surface area contributed by atoms with Gasteiger partial charge in [-0.2, -0.15) is 0 Å². The normalized spacial score (nSPS) is 10.8. The fourth-order valence-corrected chi connectivity index (χ4v) is 4.35. The lowest BCUT2D eigenvalue weighted by Gasteiger charge is -2.06. The number of nitrogens with one attached hydrogen (secondary N) is 2. The highest BCUT2D eigenvalue weighted by molar-refractivity contribution is 7.99. The number of H-pyrrole nitrogens is 1. The smallest absolute Gasteiger partial charge is 0.337 e. The average Bonchev–Trinajstić information content (AvgIpc) is 2.96. The molecule has 3 rings (SSSR count). The van der Waals surface area contributed by atoms with E-state index in [4.69, 9.17) is 0 Å². The van der Waals surface area contributed by atoms with Crippen LogP contribution in [0.3, 0.4) is 0 Å². The van der Waals surface area contributed by atoms with Crippen LogP contribution in [0.5, 0.6) is 0 Å². The maximum atomic E-state index is 12.3. The number of nitrogens with zero attached hydrogens (tertiary/aromatic N) is 1. The van der Waals surface area contributed by atoms with Gasteiger partial charge in [-0.1, -0.05) is 0 Å². The number of aromatic nitrogens is 2. The predicted octanol–water partition coefficient (Wildman–Crippen LogP) is 3.26. The topological polar surface area (TPSA) is 101 Å². The molecule has 0 saturated carbocycles. The summed E-state index contributed by atoms with van der Waals surface area (Å²) in [6.07, 6.45) is 0. The second kappa shape index (κ2) is 8.57. The zero-order chi connectivity index (χ0) is 20.3. The molecule has 0 spiro atoms. The number of fused-ring (bicyclic) bond motifs is 1. The van der Waals surface area contributed by atoms with Gasteiger partial charge in [0.1, 0.15) is 10.7 Å². The number of carbonyl (C=O) groups is 2. The first-order chi connectivity index (χ1) is 13.4. The first kappa shape index (κ1) is 20.1. The third-order valence-electron chi connectivity index (χ3n) is 4.15. The number of rotatable bonds is 6. The summed E-state index contributed by atoms with van der Waals surface area (Å²) in [4.78, 5) is 44.9. The highest BCUT2D eigenvalue weighted by atomic mass is 32.2. The van der Waals surface area contributed by atoms with E-state index in [0.717, 1.165) is 15.3 Å². The second-order valence-corrected chi connectivity index (χ2v) is 8.27. The fraction of sp³-hybridized carbons (Fsp3) is 0.263. The van der Waals surface area contributed by atoms with Crippen LogP contribution in [0, 0.1) is 13.8 Å². The van der Waals surface area contributed by atoms with Gasteiger partial charge in [-0.25, -0.2) is 9.78 Å². The Morgan fingerprint density at radius 2 is 1.96 bits per heavy atom. The van der Waals surface area contributed by atoms with E-state index in [0.29, 0.717) is 28.2 Å². The fourth-order valence-electron chi connectivity index (χ4n) is 2.61. The summed E-state index contributed by atoms with van der Waals surface area (Å²) in [7, 11) is 1.32. The lowest BCUT2D eigenvalue weighted by atomic mass is 10.2. The van der Waals surface area contributed by atoms with E-state index >= 15 is 0 Å². The Hall–Kier alpha value is -2.65. The molecule has 9 heteroatoms. The number of aromatic amines is 1. The van der Waals surface area contributed by atoms with Gasteiger partial charge in [-0.05, 0) is 43.7 Å². The van der Waals surface area contributed by atoms with Crippen LogP contribution in [0.25, 0.3) is 10.2 Å². The molecule has 2 heterocycles. The van der Waals surface area contributed by atoms with E-state index in [1.807, 2.05) is 13.8 Å². The lowest BCUT2D eigenvalue weighted by molar-refractivity contribution is -0.113. The zero-order valence-corrected chi connectivity index (χ0v) is 17.3. The van der Waals surface area contributed by atoms with Gasteiger partial charge in [0, 0.05) is 10.6 Å². The van der Waals surface area contributed by atoms with Crippen molar-refractivity contribution < 1.29 is 14.3 Å². The third kappa shape index (κ3) is 4.42. The molecule has 0 bridgehead atoms. The van der Waals surface area contributed by atoms with E-state index < -0.39 is 5.97 Å². The minimum atomic E-state index is -0.428. The molecular weight excluding hydrogens is 398 g/mol. The van der Waals surface area contributed by atoms with Crippen molar-refractivity contribution in [3.05, 3.63) is 56.4 Å². The molecule has 0 aliphatic heterocycles. The van der Waals surface area contributed by atoms with E-state index in [9.17, 15) is 14.4 Å². The summed E-state index contributed by atoms with van der Waals surface area (Å²) in [5.74, 6) is 0.586. The number of methoxy groups -OCH3 is 1. The van der Waals surface area contributed by atoms with Crippen molar-refractivity contribution in [3.63, 3.8) is 0 Å². The molecular formula is C19H19N3O4S2. The SMILES string of the molecule is COC(=O)c1ccc(NC(=O)CSCc2nc3sc(C)c(C)c3c(=O)[nH]2)cc1. The first-order valence-corrected chi connectivity index (χ1v) is 10.4. The van der Waals surface area contributed by atoms with Crippen LogP contribution in [0.4, 0.5) is 5.69 Å². The zero-order valence-electron chi connectivity index (χ0n) is 15.6. The number of aryl methyl sites for hydroxylation is 2. The van der Waals surface area contributed by atoms with Gasteiger partial charge in [-0.3, -0.25) is 9.59 Å². The van der Waals surface area contributed by atoms with E-state index in [1.54, 1.807) is 24.3 Å². The van der Waals surface area contributed by atoms with Crippen molar-refractivity contribution >= 4 is 50.9 Å². The number of ether oxygens (including phenoxy) is 1. The summed E-state index contributed by atoms with van der Waals surface area (Å²) >= 11 is 2.86. The molecule has 28 heavy (non-hydrogen) atoms. The molecule has 3 aromatic rings. The molecule has 146 valence electrons. The molecule has 0 unspecified atom stereocenters. The summed E-state index contributed by atoms with van der Waals surface area (Å²) in [5.41, 5.74) is 1.83. The Bertz CT molecular complexity index is 1090. The minimum absolute atomic E-state index is 0.141. The van der Waals surface area contributed by atoms with Crippen LogP contribution >= 0.6 is 23.1 Å². The van der Waals surface area contributed by atoms with Crippen molar-refractivity contribution in [1.29, 1.82) is 0 Å². The molecule has 0 fully saturated rings. The number of hydrogen-bond acceptors (Lipinski definition) is 7. The minimum Gasteiger partial charge on any atom is -0.465 e. The maximum absolute atomic E-state index is 12.3. The van der Waals surface area contributed by atoms with Crippen LogP contribution in [0.2, 0.25) is 0 Å². The van der Waals surface area contributed by atoms with Gasteiger partial charge in [-0.15, -0.1) is 23.1 Å². The molecule has 7 nitrogen and oxygen atoms in total. The largest absolute Gasteiger partial charge is 0.465 e. The van der Waals surface area contributed by atoms with Gasteiger partial charge in [0.15, 0.2) is 0 Å². The standard InChI is InChI=1S/C19H19N3O4S2/c1-10-11(2)28-18-16(10)17(24)21-14(22-18)8-27-9-15(23)20-13-6-4-12(5-7-13)19(25)26-3/h4-7H,8-9H2,1-3H3,(H,20,23)(H,21,22,24). The van der Waals surface area contributed by atoms with E-state index in [2.05, 4.69) is 20.0 Å². The quantitative estimate of drug-likeness (QED) is 0.597. The van der Waals surface area contributed by atoms with Crippen LogP contribution in [-0.2, 0) is 15.3 Å². The predicted molar refractivity (Wildman–Crippen MR) is 112 cm³/mol. The number of benzene rings is 1. The van der Waals surface area contributed by atoms with Gasteiger partial charge >= 0.3 is 5.97 Å². The Morgan fingerprint density at radius 3 is 2.64 bits per heavy atom. The van der Waals surface area contributed by atoms with Crippen LogP contribution in [0.1, 0.15) is 26.6 Å². The molecule has 0 saturated heterocycles. The number of anilines is 1. The van der Waals surface area contributed by atoms with Gasteiger partial charge in [0.05, 0.1) is 29.6 Å². The van der Waals surface area contributed by atoms with E-state index in [-0.39, 0.29) is 17.2 Å². The highest BCUT2D eigenvalue weighted by Gasteiger charge is 2.12. The van der Waals surface area contributed by atoms with Gasteiger partial charge in [0.2, 0.25) is 5.91 Å². The number of thiophene rings is 1. The van der Waals surface area contributed by atoms with Crippen LogP contribution < -0.4 is 10.9 Å². The summed E-state index contributed by atoms with van der Waals surface area (Å²) in [5, 5.41) is 3.40. The second-order valence-electron chi connectivity index (χ2n) is 6.09. The third-order valence-corrected chi connectivity index (χ3v) is 6.19. The Balaban J connectivity index is 1.56. The number of amides is 1. The molecule has 1 aromatic carbocycles.